The van der Waals surface area contributed by atoms with Crippen LogP contribution in [0.15, 0.2) is 0 Å². The van der Waals surface area contributed by atoms with Crippen LogP contribution >= 0.6 is 0 Å². The van der Waals surface area contributed by atoms with Crippen LogP contribution in [0.2, 0.25) is 0 Å². The average molecular weight is 280 g/mol. The third kappa shape index (κ3) is 2.27. The van der Waals surface area contributed by atoms with Crippen molar-refractivity contribution in [2.75, 3.05) is 6.54 Å². The van der Waals surface area contributed by atoms with Gasteiger partial charge in [0.1, 0.15) is 6.04 Å². The summed E-state index contributed by atoms with van der Waals surface area (Å²) in [5.74, 6) is -0.293. The highest BCUT2D eigenvalue weighted by molar-refractivity contribution is 5.84. The van der Waals surface area contributed by atoms with Crippen molar-refractivity contribution >= 4 is 12.0 Å². The van der Waals surface area contributed by atoms with Gasteiger partial charge in [-0.05, 0) is 44.4 Å². The molecular weight excluding hydrogens is 256 g/mol. The zero-order valence-corrected chi connectivity index (χ0v) is 12.1. The van der Waals surface area contributed by atoms with E-state index in [1.807, 2.05) is 0 Å². The maximum Gasteiger partial charge on any atom is 0.326 e. The van der Waals surface area contributed by atoms with E-state index >= 15 is 0 Å². The highest BCUT2D eigenvalue weighted by Gasteiger charge is 2.50. The maximum absolute atomic E-state index is 12.5. The zero-order chi connectivity index (χ0) is 14.3. The summed E-state index contributed by atoms with van der Waals surface area (Å²) in [4.78, 5) is 25.6. The minimum absolute atomic E-state index is 0.141. The summed E-state index contributed by atoms with van der Waals surface area (Å²) in [6.45, 7) is 2.69. The van der Waals surface area contributed by atoms with E-state index in [-0.39, 0.29) is 17.5 Å². The lowest BCUT2D eigenvalue weighted by Gasteiger charge is -2.31. The van der Waals surface area contributed by atoms with Crippen molar-refractivity contribution in [1.82, 2.24) is 10.2 Å². The SMILES string of the molecule is CC1(NC(=O)N2CC3CCCC3C2C(=O)O)CCCC1. The molecular formula is C15H24N2O3. The van der Waals surface area contributed by atoms with Crippen LogP contribution in [-0.2, 0) is 4.79 Å². The monoisotopic (exact) mass is 280 g/mol. The quantitative estimate of drug-likeness (QED) is 0.815. The van der Waals surface area contributed by atoms with E-state index in [4.69, 9.17) is 0 Å². The second-order valence-corrected chi connectivity index (χ2v) is 6.99. The zero-order valence-electron chi connectivity index (χ0n) is 12.1. The second-order valence-electron chi connectivity index (χ2n) is 6.99. The number of hydrogen-bond donors (Lipinski definition) is 2. The van der Waals surface area contributed by atoms with Crippen LogP contribution in [0, 0.1) is 11.8 Å². The molecule has 2 N–H and O–H groups in total. The van der Waals surface area contributed by atoms with E-state index < -0.39 is 12.0 Å². The van der Waals surface area contributed by atoms with Crippen molar-refractivity contribution < 1.29 is 14.7 Å². The second kappa shape index (κ2) is 4.93. The van der Waals surface area contributed by atoms with E-state index in [9.17, 15) is 14.7 Å². The summed E-state index contributed by atoms with van der Waals surface area (Å²) in [6, 6.07) is -0.788. The number of amides is 2. The van der Waals surface area contributed by atoms with Gasteiger partial charge in [0.05, 0.1) is 0 Å². The molecule has 0 bridgehead atoms. The summed E-state index contributed by atoms with van der Waals surface area (Å²) < 4.78 is 0. The van der Waals surface area contributed by atoms with Crippen molar-refractivity contribution in [2.24, 2.45) is 11.8 Å². The van der Waals surface area contributed by atoms with Crippen LogP contribution in [0.25, 0.3) is 0 Å². The van der Waals surface area contributed by atoms with Gasteiger partial charge >= 0.3 is 12.0 Å². The molecule has 3 aliphatic rings. The van der Waals surface area contributed by atoms with E-state index in [1.165, 1.54) is 0 Å². The number of urea groups is 1. The fourth-order valence-corrected chi connectivity index (χ4v) is 4.44. The standard InChI is InChI=1S/C15H24N2O3/c1-15(7-2-3-8-15)16-14(20)17-9-10-5-4-6-11(10)12(17)13(18)19/h10-12H,2-9H2,1H3,(H,16,20)(H,18,19). The third-order valence-electron chi connectivity index (χ3n) is 5.52. The van der Waals surface area contributed by atoms with E-state index in [1.54, 1.807) is 4.90 Å². The summed E-state index contributed by atoms with van der Waals surface area (Å²) >= 11 is 0. The molecule has 2 aliphatic carbocycles. The Morgan fingerprint density at radius 2 is 1.90 bits per heavy atom. The van der Waals surface area contributed by atoms with Gasteiger partial charge < -0.3 is 15.3 Å². The van der Waals surface area contributed by atoms with Gasteiger partial charge in [0, 0.05) is 12.1 Å². The van der Waals surface area contributed by atoms with Gasteiger partial charge in [0.2, 0.25) is 0 Å². The van der Waals surface area contributed by atoms with Crippen molar-refractivity contribution in [3.8, 4) is 0 Å². The van der Waals surface area contributed by atoms with Crippen molar-refractivity contribution in [3.63, 3.8) is 0 Å². The summed E-state index contributed by atoms with van der Waals surface area (Å²) in [5.41, 5.74) is -0.141. The van der Waals surface area contributed by atoms with Gasteiger partial charge in [-0.1, -0.05) is 19.3 Å². The number of carbonyl (C=O) groups excluding carboxylic acids is 1. The molecule has 3 rings (SSSR count). The molecule has 1 heterocycles. The molecule has 3 unspecified atom stereocenters. The maximum atomic E-state index is 12.5. The molecule has 20 heavy (non-hydrogen) atoms. The van der Waals surface area contributed by atoms with Gasteiger partial charge in [-0.2, -0.15) is 0 Å². The molecule has 2 amide bonds. The molecule has 112 valence electrons. The Kier molecular flexibility index (Phi) is 3.38. The number of aliphatic carboxylic acids is 1. The predicted molar refractivity (Wildman–Crippen MR) is 74.4 cm³/mol. The number of likely N-dealkylation sites (tertiary alicyclic amines) is 1. The summed E-state index contributed by atoms with van der Waals surface area (Å²) in [7, 11) is 0. The Hall–Kier alpha value is -1.26. The van der Waals surface area contributed by atoms with Gasteiger partial charge in [0.25, 0.3) is 0 Å². The molecule has 3 fully saturated rings. The van der Waals surface area contributed by atoms with Crippen molar-refractivity contribution in [2.45, 2.75) is 63.5 Å². The van der Waals surface area contributed by atoms with Gasteiger partial charge in [-0.15, -0.1) is 0 Å². The predicted octanol–water partition coefficient (Wildman–Crippen LogP) is 2.21. The molecule has 5 nitrogen and oxygen atoms in total. The summed E-state index contributed by atoms with van der Waals surface area (Å²) in [5, 5.41) is 12.6. The number of carboxylic acids is 1. The lowest BCUT2D eigenvalue weighted by Crippen LogP contribution is -2.54. The van der Waals surface area contributed by atoms with E-state index in [2.05, 4.69) is 12.2 Å². The Bertz CT molecular complexity index is 417. The molecule has 2 saturated carbocycles. The van der Waals surface area contributed by atoms with Crippen LogP contribution in [0.3, 0.4) is 0 Å². The molecule has 1 aliphatic heterocycles. The molecule has 0 aromatic carbocycles. The van der Waals surface area contributed by atoms with Crippen LogP contribution in [0.5, 0.6) is 0 Å². The molecule has 0 aromatic heterocycles. The molecule has 0 radical (unpaired) electrons. The highest BCUT2D eigenvalue weighted by Crippen LogP contribution is 2.42. The Labute approximate surface area is 119 Å². The minimum atomic E-state index is -0.842. The average Bonchev–Trinajstić information content (AvgIpc) is 3.02. The number of fused-ring (bicyclic) bond motifs is 1. The van der Waals surface area contributed by atoms with Crippen molar-refractivity contribution in [1.29, 1.82) is 0 Å². The normalized spacial score (nSPS) is 35.0. The summed E-state index contributed by atoms with van der Waals surface area (Å²) in [6.07, 6.45) is 7.40. The number of hydrogen-bond acceptors (Lipinski definition) is 2. The lowest BCUT2D eigenvalue weighted by molar-refractivity contribution is -0.142. The van der Waals surface area contributed by atoms with Crippen LogP contribution in [0.4, 0.5) is 4.79 Å². The fourth-order valence-electron chi connectivity index (χ4n) is 4.44. The molecule has 3 atom stereocenters. The first kappa shape index (κ1) is 13.7. The first-order valence-corrected chi connectivity index (χ1v) is 7.82. The van der Waals surface area contributed by atoms with Gasteiger partial charge in [0.15, 0.2) is 0 Å². The lowest BCUT2D eigenvalue weighted by atomic mass is 9.94. The van der Waals surface area contributed by atoms with E-state index in [0.29, 0.717) is 12.5 Å². The van der Waals surface area contributed by atoms with E-state index in [0.717, 1.165) is 44.9 Å². The number of nitrogens with one attached hydrogen (secondary N) is 1. The number of carboxylic acid groups (broad SMARTS) is 1. The fraction of sp³-hybridized carbons (Fsp3) is 0.867. The highest BCUT2D eigenvalue weighted by atomic mass is 16.4. The molecule has 5 heteroatoms. The molecule has 0 aromatic rings. The molecule has 0 spiro atoms. The first-order chi connectivity index (χ1) is 9.50. The van der Waals surface area contributed by atoms with Crippen LogP contribution in [-0.4, -0.2) is 40.1 Å². The molecule has 1 saturated heterocycles. The van der Waals surface area contributed by atoms with Gasteiger partial charge in [-0.3, -0.25) is 0 Å². The van der Waals surface area contributed by atoms with Gasteiger partial charge in [-0.25, -0.2) is 9.59 Å². The minimum Gasteiger partial charge on any atom is -0.480 e. The Morgan fingerprint density at radius 1 is 1.20 bits per heavy atom. The topological polar surface area (TPSA) is 69.6 Å². The number of rotatable bonds is 2. The largest absolute Gasteiger partial charge is 0.480 e. The van der Waals surface area contributed by atoms with Crippen molar-refractivity contribution in [3.05, 3.63) is 0 Å². The smallest absolute Gasteiger partial charge is 0.326 e. The van der Waals surface area contributed by atoms with Crippen LogP contribution < -0.4 is 5.32 Å². The number of nitrogens with zero attached hydrogens (tertiary/aromatic N) is 1. The Morgan fingerprint density at radius 3 is 2.55 bits per heavy atom. The van der Waals surface area contributed by atoms with Crippen LogP contribution in [0.1, 0.15) is 51.9 Å². The Balaban J connectivity index is 1.72. The first-order valence-electron chi connectivity index (χ1n) is 7.82. The number of carbonyl (C=O) groups is 2. The third-order valence-corrected chi connectivity index (χ3v) is 5.52.